The van der Waals surface area contributed by atoms with Gasteiger partial charge in [0.05, 0.1) is 25.5 Å². The molecule has 2 heterocycles. The third kappa shape index (κ3) is 6.50. The number of alkyl halides is 3. The molecule has 0 radical (unpaired) electrons. The Kier molecular flexibility index (Phi) is 8.24. The summed E-state index contributed by atoms with van der Waals surface area (Å²) in [6, 6.07) is 5.82. The first-order chi connectivity index (χ1) is 16.0. The number of rotatable bonds is 6. The highest BCUT2D eigenvalue weighted by Gasteiger charge is 2.41. The molecule has 1 aliphatic rings. The number of aromatic nitrogens is 2. The van der Waals surface area contributed by atoms with Gasteiger partial charge >= 0.3 is 12.3 Å². The molecule has 2 amide bonds. The van der Waals surface area contributed by atoms with E-state index in [-0.39, 0.29) is 25.6 Å². The van der Waals surface area contributed by atoms with E-state index in [1.807, 2.05) is 24.3 Å². The van der Waals surface area contributed by atoms with Crippen molar-refractivity contribution >= 4 is 27.9 Å². The minimum Gasteiger partial charge on any atom is -0.453 e. The number of imidazole rings is 1. The number of nitrogens with one attached hydrogen (secondary N) is 2. The van der Waals surface area contributed by atoms with Crippen LogP contribution in [-0.4, -0.2) is 77.3 Å². The molecule has 1 fully saturated rings. The molecule has 1 saturated heterocycles. The molecule has 2 N–H and O–H groups in total. The molecule has 2 unspecified atom stereocenters. The maximum absolute atomic E-state index is 13.4. The molecule has 8 nitrogen and oxygen atoms in total. The molecule has 3 rings (SSSR count). The van der Waals surface area contributed by atoms with Gasteiger partial charge in [-0.3, -0.25) is 9.69 Å². The zero-order valence-corrected chi connectivity index (χ0v) is 20.6. The van der Waals surface area contributed by atoms with E-state index >= 15 is 0 Å². The average molecular weight is 546 g/mol. The van der Waals surface area contributed by atoms with Gasteiger partial charge in [-0.05, 0) is 23.6 Å². The average Bonchev–Trinajstić information content (AvgIpc) is 3.26. The minimum absolute atomic E-state index is 0.0467. The number of aromatic amines is 1. The number of halogens is 4. The third-order valence-corrected chi connectivity index (χ3v) is 6.14. The zero-order valence-electron chi connectivity index (χ0n) is 19.0. The number of hydrogen-bond donors (Lipinski definition) is 2. The van der Waals surface area contributed by atoms with E-state index in [9.17, 15) is 22.8 Å². The van der Waals surface area contributed by atoms with Crippen LogP contribution in [-0.2, 0) is 9.53 Å². The van der Waals surface area contributed by atoms with Crippen molar-refractivity contribution in [1.82, 2.24) is 25.1 Å². The van der Waals surface area contributed by atoms with Crippen molar-refractivity contribution in [3.05, 3.63) is 40.8 Å². The van der Waals surface area contributed by atoms with Crippen LogP contribution in [0.1, 0.15) is 25.7 Å². The molecule has 0 spiro atoms. The van der Waals surface area contributed by atoms with Gasteiger partial charge in [0, 0.05) is 24.1 Å². The normalized spacial score (nSPS) is 18.1. The summed E-state index contributed by atoms with van der Waals surface area (Å²) in [5.74, 6) is -0.298. The molecule has 186 valence electrons. The minimum atomic E-state index is -4.37. The molecular weight excluding hydrogens is 519 g/mol. The fourth-order valence-electron chi connectivity index (χ4n) is 3.89. The Morgan fingerprint density at radius 3 is 2.53 bits per heavy atom. The second-order valence-corrected chi connectivity index (χ2v) is 9.36. The Morgan fingerprint density at radius 2 is 1.94 bits per heavy atom. The summed E-state index contributed by atoms with van der Waals surface area (Å²) < 4.78 is 44.8. The van der Waals surface area contributed by atoms with E-state index in [1.54, 1.807) is 20.0 Å². The van der Waals surface area contributed by atoms with Crippen LogP contribution in [0.25, 0.3) is 11.3 Å². The first kappa shape index (κ1) is 26.0. The smallest absolute Gasteiger partial charge is 0.407 e. The molecule has 2 atom stereocenters. The Balaban J connectivity index is 1.91. The van der Waals surface area contributed by atoms with Gasteiger partial charge < -0.3 is 19.9 Å². The fraction of sp³-hybridized carbons (Fsp3) is 0.500. The lowest BCUT2D eigenvalue weighted by Gasteiger charge is -2.42. The molecule has 1 aliphatic heterocycles. The van der Waals surface area contributed by atoms with Crippen LogP contribution in [0.2, 0.25) is 0 Å². The number of carbonyl (C=O) groups is 2. The van der Waals surface area contributed by atoms with Gasteiger partial charge in [0.2, 0.25) is 5.91 Å². The van der Waals surface area contributed by atoms with Crippen LogP contribution in [0.4, 0.5) is 18.0 Å². The number of methoxy groups -OCH3 is 1. The predicted octanol–water partition coefficient (Wildman–Crippen LogP) is 3.97. The van der Waals surface area contributed by atoms with Crippen molar-refractivity contribution in [2.24, 2.45) is 5.92 Å². The Bertz CT molecular complexity index is 996. The molecule has 2 aromatic rings. The maximum Gasteiger partial charge on any atom is 0.407 e. The van der Waals surface area contributed by atoms with Gasteiger partial charge in [0.15, 0.2) is 0 Å². The highest BCUT2D eigenvalue weighted by atomic mass is 79.9. The Morgan fingerprint density at radius 1 is 1.26 bits per heavy atom. The van der Waals surface area contributed by atoms with Gasteiger partial charge in [-0.25, -0.2) is 9.78 Å². The van der Waals surface area contributed by atoms with Crippen molar-refractivity contribution in [3.63, 3.8) is 0 Å². The highest BCUT2D eigenvalue weighted by molar-refractivity contribution is 9.10. The Labute approximate surface area is 204 Å². The van der Waals surface area contributed by atoms with Crippen LogP contribution in [0, 0.1) is 5.92 Å². The standard InChI is InChI=1S/C22H27BrF3N5O3/c1-13(2)18(29-21(33)34-3)20(32)31-9-8-30(12-22(24,25)26)11-17(31)19-27-10-16(28-19)14-4-6-15(23)7-5-14/h4-7,10,13,17-18H,8-9,11-12H2,1-3H3,(H,27,28)(H,29,33). The molecular formula is C22H27BrF3N5O3. The molecule has 34 heavy (non-hydrogen) atoms. The molecule has 1 aromatic carbocycles. The van der Waals surface area contributed by atoms with E-state index in [1.165, 1.54) is 16.9 Å². The molecule has 0 bridgehead atoms. The second kappa shape index (κ2) is 10.8. The van der Waals surface area contributed by atoms with Gasteiger partial charge in [0.25, 0.3) is 0 Å². The zero-order chi connectivity index (χ0) is 25.0. The van der Waals surface area contributed by atoms with Crippen molar-refractivity contribution < 1.29 is 27.5 Å². The molecule has 12 heteroatoms. The number of benzene rings is 1. The van der Waals surface area contributed by atoms with Crippen molar-refractivity contribution in [1.29, 1.82) is 0 Å². The number of H-pyrrole nitrogens is 1. The Hall–Kier alpha value is -2.60. The number of hydrogen-bond acceptors (Lipinski definition) is 5. The lowest BCUT2D eigenvalue weighted by molar-refractivity contribution is -0.157. The summed E-state index contributed by atoms with van der Waals surface area (Å²) in [5, 5.41) is 2.54. The quantitative estimate of drug-likeness (QED) is 0.573. The van der Waals surface area contributed by atoms with Crippen LogP contribution < -0.4 is 5.32 Å². The maximum atomic E-state index is 13.4. The number of nitrogens with zero attached hydrogens (tertiary/aromatic N) is 3. The van der Waals surface area contributed by atoms with Gasteiger partial charge in [-0.1, -0.05) is 41.9 Å². The highest BCUT2D eigenvalue weighted by Crippen LogP contribution is 2.29. The first-order valence-corrected chi connectivity index (χ1v) is 11.5. The van der Waals surface area contributed by atoms with Gasteiger partial charge in [-0.2, -0.15) is 13.2 Å². The second-order valence-electron chi connectivity index (χ2n) is 8.44. The van der Waals surface area contributed by atoms with E-state index in [0.717, 1.165) is 10.0 Å². The van der Waals surface area contributed by atoms with Crippen LogP contribution >= 0.6 is 15.9 Å². The summed E-state index contributed by atoms with van der Waals surface area (Å²) in [6.45, 7) is 2.50. The summed E-state index contributed by atoms with van der Waals surface area (Å²) >= 11 is 3.38. The largest absolute Gasteiger partial charge is 0.453 e. The van der Waals surface area contributed by atoms with Crippen LogP contribution in [0.5, 0.6) is 0 Å². The monoisotopic (exact) mass is 545 g/mol. The lowest BCUT2D eigenvalue weighted by atomic mass is 10.0. The molecule has 0 aliphatic carbocycles. The number of alkyl carbamates (subject to hydrolysis) is 1. The van der Waals surface area contributed by atoms with Crippen molar-refractivity contribution in [2.45, 2.75) is 32.1 Å². The van der Waals surface area contributed by atoms with E-state index < -0.39 is 36.8 Å². The predicted molar refractivity (Wildman–Crippen MR) is 123 cm³/mol. The third-order valence-electron chi connectivity index (χ3n) is 5.61. The lowest BCUT2D eigenvalue weighted by Crippen LogP contribution is -2.58. The number of carbonyl (C=O) groups excluding carboxylic acids is 2. The van der Waals surface area contributed by atoms with E-state index in [4.69, 9.17) is 0 Å². The van der Waals surface area contributed by atoms with Crippen molar-refractivity contribution in [3.8, 4) is 11.3 Å². The van der Waals surface area contributed by atoms with Crippen LogP contribution in [0.15, 0.2) is 34.9 Å². The van der Waals surface area contributed by atoms with E-state index in [0.29, 0.717) is 11.5 Å². The number of piperazine rings is 1. The summed E-state index contributed by atoms with van der Waals surface area (Å²) in [7, 11) is 1.20. The SMILES string of the molecule is COC(=O)NC(C(=O)N1CCN(CC(F)(F)F)CC1c1ncc(-c2ccc(Br)cc2)[nH]1)C(C)C. The fourth-order valence-corrected chi connectivity index (χ4v) is 4.16. The summed E-state index contributed by atoms with van der Waals surface area (Å²) in [6.07, 6.45) is -3.53. The summed E-state index contributed by atoms with van der Waals surface area (Å²) in [4.78, 5) is 35.6. The first-order valence-electron chi connectivity index (χ1n) is 10.7. The molecule has 0 saturated carbocycles. The van der Waals surface area contributed by atoms with Gasteiger partial charge in [-0.15, -0.1) is 0 Å². The van der Waals surface area contributed by atoms with Crippen molar-refractivity contribution in [2.75, 3.05) is 33.3 Å². The number of ether oxygens (including phenoxy) is 1. The van der Waals surface area contributed by atoms with Gasteiger partial charge in [0.1, 0.15) is 17.9 Å². The number of amides is 2. The topological polar surface area (TPSA) is 90.6 Å². The summed E-state index contributed by atoms with van der Waals surface area (Å²) in [5.41, 5.74) is 1.52. The van der Waals surface area contributed by atoms with Crippen LogP contribution in [0.3, 0.4) is 0 Å². The molecule has 1 aromatic heterocycles. The van der Waals surface area contributed by atoms with E-state index in [2.05, 4.69) is 36.0 Å².